The Bertz CT molecular complexity index is 332. The van der Waals surface area contributed by atoms with Crippen molar-refractivity contribution in [1.29, 1.82) is 5.26 Å². The van der Waals surface area contributed by atoms with Crippen LogP contribution in [0.25, 0.3) is 0 Å². The fourth-order valence-corrected chi connectivity index (χ4v) is 1.94. The molecule has 0 saturated carbocycles. The van der Waals surface area contributed by atoms with E-state index in [-0.39, 0.29) is 5.82 Å². The molecular weight excluding hydrogens is 289 g/mol. The Morgan fingerprint density at radius 3 is 2.75 bits per heavy atom. The van der Waals surface area contributed by atoms with Gasteiger partial charge in [-0.05, 0) is 23.8 Å². The van der Waals surface area contributed by atoms with Gasteiger partial charge in [0.05, 0.1) is 6.07 Å². The van der Waals surface area contributed by atoms with Crippen molar-refractivity contribution in [2.75, 3.05) is 0 Å². The van der Waals surface area contributed by atoms with Gasteiger partial charge in [-0.25, -0.2) is 4.39 Å². The van der Waals surface area contributed by atoms with Crippen molar-refractivity contribution < 1.29 is 4.39 Å². The number of nitriles is 1. The molecule has 1 nitrogen and oxygen atoms in total. The Labute approximate surface area is 86.5 Å². The largest absolute Gasteiger partial charge is 0.207 e. The monoisotopic (exact) mass is 291 g/mol. The number of hydrogen-bond acceptors (Lipinski definition) is 1. The van der Waals surface area contributed by atoms with Gasteiger partial charge in [-0.1, -0.05) is 31.9 Å². The molecule has 0 radical (unpaired) electrons. The van der Waals surface area contributed by atoms with E-state index in [1.807, 2.05) is 6.07 Å². The fraction of sp³-hybridized carbons (Fsp3) is 0.125. The quantitative estimate of drug-likeness (QED) is 0.726. The van der Waals surface area contributed by atoms with Crippen molar-refractivity contribution in [2.45, 2.75) is 4.83 Å². The van der Waals surface area contributed by atoms with Gasteiger partial charge >= 0.3 is 0 Å². The van der Waals surface area contributed by atoms with Crippen LogP contribution in [-0.2, 0) is 0 Å². The molecule has 62 valence electrons. The lowest BCUT2D eigenvalue weighted by molar-refractivity contribution is 0.625. The highest BCUT2D eigenvalue weighted by molar-refractivity contribution is 9.11. The van der Waals surface area contributed by atoms with E-state index in [1.165, 1.54) is 12.1 Å². The summed E-state index contributed by atoms with van der Waals surface area (Å²) in [5, 5.41) is 8.56. The van der Waals surface area contributed by atoms with E-state index in [1.54, 1.807) is 6.07 Å². The Morgan fingerprint density at radius 2 is 2.17 bits per heavy atom. The van der Waals surface area contributed by atoms with Crippen LogP contribution in [0.4, 0.5) is 4.39 Å². The Kier molecular flexibility index (Phi) is 3.24. The summed E-state index contributed by atoms with van der Waals surface area (Å²) in [5.41, 5.74) is 0.609. The Balaban J connectivity index is 3.15. The third-order valence-electron chi connectivity index (χ3n) is 1.34. The Morgan fingerprint density at radius 1 is 1.50 bits per heavy atom. The molecule has 1 aromatic rings. The van der Waals surface area contributed by atoms with Crippen molar-refractivity contribution in [3.63, 3.8) is 0 Å². The molecule has 0 aliphatic carbocycles. The molecule has 1 atom stereocenters. The minimum absolute atomic E-state index is 0.340. The van der Waals surface area contributed by atoms with E-state index in [9.17, 15) is 4.39 Å². The molecule has 0 heterocycles. The average Bonchev–Trinajstić information content (AvgIpc) is 2.08. The summed E-state index contributed by atoms with van der Waals surface area (Å²) in [5.74, 6) is -0.340. The first-order valence-electron chi connectivity index (χ1n) is 3.14. The summed E-state index contributed by atoms with van der Waals surface area (Å²) >= 11 is 6.34. The van der Waals surface area contributed by atoms with E-state index < -0.39 is 4.83 Å². The molecular formula is C8H4Br2FN. The van der Waals surface area contributed by atoms with Gasteiger partial charge in [-0.2, -0.15) is 5.26 Å². The molecule has 0 aliphatic rings. The highest BCUT2D eigenvalue weighted by atomic mass is 79.9. The highest BCUT2D eigenvalue weighted by Crippen LogP contribution is 2.29. The second-order valence-corrected chi connectivity index (χ2v) is 3.93. The van der Waals surface area contributed by atoms with E-state index in [0.29, 0.717) is 5.56 Å². The minimum atomic E-state index is -0.470. The summed E-state index contributed by atoms with van der Waals surface area (Å²) in [7, 11) is 0. The summed E-state index contributed by atoms with van der Waals surface area (Å²) in [6.45, 7) is 0. The summed E-state index contributed by atoms with van der Waals surface area (Å²) in [6.07, 6.45) is 0. The van der Waals surface area contributed by atoms with E-state index in [0.717, 1.165) is 4.47 Å². The van der Waals surface area contributed by atoms with Crippen molar-refractivity contribution in [3.05, 3.63) is 34.1 Å². The molecule has 1 aromatic carbocycles. The normalized spacial score (nSPS) is 12.2. The van der Waals surface area contributed by atoms with Crippen molar-refractivity contribution in [3.8, 4) is 6.07 Å². The van der Waals surface area contributed by atoms with E-state index in [4.69, 9.17) is 5.26 Å². The standard InChI is InChI=1S/C8H4Br2FN/c9-7-2-1-5(11)3-6(7)8(10)4-12/h1-3,8H. The van der Waals surface area contributed by atoms with Gasteiger partial charge in [-0.3, -0.25) is 0 Å². The molecule has 12 heavy (non-hydrogen) atoms. The topological polar surface area (TPSA) is 23.8 Å². The zero-order chi connectivity index (χ0) is 9.14. The van der Waals surface area contributed by atoms with Gasteiger partial charge in [0.15, 0.2) is 0 Å². The molecule has 0 fully saturated rings. The fourth-order valence-electron chi connectivity index (χ4n) is 0.778. The number of alkyl halides is 1. The van der Waals surface area contributed by atoms with Gasteiger partial charge in [0.2, 0.25) is 0 Å². The van der Waals surface area contributed by atoms with Crippen molar-refractivity contribution in [2.24, 2.45) is 0 Å². The highest BCUT2D eigenvalue weighted by Gasteiger charge is 2.10. The van der Waals surface area contributed by atoms with Crippen LogP contribution in [0.3, 0.4) is 0 Å². The molecule has 0 saturated heterocycles. The summed E-state index contributed by atoms with van der Waals surface area (Å²) in [6, 6.07) is 6.21. The van der Waals surface area contributed by atoms with E-state index >= 15 is 0 Å². The second kappa shape index (κ2) is 4.01. The van der Waals surface area contributed by atoms with Crippen LogP contribution in [0.15, 0.2) is 22.7 Å². The van der Waals surface area contributed by atoms with Crippen LogP contribution in [0.1, 0.15) is 10.4 Å². The Hall–Kier alpha value is -0.400. The zero-order valence-corrected chi connectivity index (χ0v) is 9.06. The molecule has 0 N–H and O–H groups in total. The smallest absolute Gasteiger partial charge is 0.127 e. The van der Waals surface area contributed by atoms with Crippen molar-refractivity contribution >= 4 is 31.9 Å². The first-order chi connectivity index (χ1) is 5.65. The van der Waals surface area contributed by atoms with E-state index in [2.05, 4.69) is 31.9 Å². The number of rotatable bonds is 1. The van der Waals surface area contributed by atoms with Gasteiger partial charge in [0, 0.05) is 4.47 Å². The number of benzene rings is 1. The first kappa shape index (κ1) is 9.69. The zero-order valence-electron chi connectivity index (χ0n) is 5.89. The van der Waals surface area contributed by atoms with Gasteiger partial charge < -0.3 is 0 Å². The SMILES string of the molecule is N#CC(Br)c1cc(F)ccc1Br. The lowest BCUT2D eigenvalue weighted by atomic mass is 10.2. The maximum absolute atomic E-state index is 12.7. The molecule has 1 unspecified atom stereocenters. The third kappa shape index (κ3) is 2.05. The van der Waals surface area contributed by atoms with Crippen LogP contribution in [0.5, 0.6) is 0 Å². The predicted octanol–water partition coefficient (Wildman–Crippen LogP) is 3.55. The molecule has 0 bridgehead atoms. The maximum Gasteiger partial charge on any atom is 0.127 e. The molecule has 1 rings (SSSR count). The number of hydrogen-bond donors (Lipinski definition) is 0. The average molecular weight is 293 g/mol. The molecule has 0 aliphatic heterocycles. The maximum atomic E-state index is 12.7. The van der Waals surface area contributed by atoms with Crippen LogP contribution >= 0.6 is 31.9 Å². The van der Waals surface area contributed by atoms with Crippen LogP contribution in [0, 0.1) is 17.1 Å². The lowest BCUT2D eigenvalue weighted by Gasteiger charge is -2.03. The van der Waals surface area contributed by atoms with Crippen LogP contribution in [0.2, 0.25) is 0 Å². The van der Waals surface area contributed by atoms with Crippen LogP contribution in [-0.4, -0.2) is 0 Å². The number of nitrogens with zero attached hydrogens (tertiary/aromatic N) is 1. The van der Waals surface area contributed by atoms with Crippen LogP contribution < -0.4 is 0 Å². The second-order valence-electron chi connectivity index (χ2n) is 2.16. The number of halogens is 3. The first-order valence-corrected chi connectivity index (χ1v) is 4.84. The lowest BCUT2D eigenvalue weighted by Crippen LogP contribution is -1.88. The van der Waals surface area contributed by atoms with Gasteiger partial charge in [0.1, 0.15) is 10.6 Å². The summed E-state index contributed by atoms with van der Waals surface area (Å²) in [4.78, 5) is -0.470. The molecule has 4 heteroatoms. The predicted molar refractivity (Wildman–Crippen MR) is 51.4 cm³/mol. The summed E-state index contributed by atoms with van der Waals surface area (Å²) < 4.78 is 13.4. The van der Waals surface area contributed by atoms with Gasteiger partial charge in [0.25, 0.3) is 0 Å². The van der Waals surface area contributed by atoms with Gasteiger partial charge in [-0.15, -0.1) is 0 Å². The minimum Gasteiger partial charge on any atom is -0.207 e. The van der Waals surface area contributed by atoms with Crippen molar-refractivity contribution in [1.82, 2.24) is 0 Å². The molecule has 0 amide bonds. The molecule has 0 aromatic heterocycles. The molecule has 0 spiro atoms. The third-order valence-corrected chi connectivity index (χ3v) is 2.76.